The van der Waals surface area contributed by atoms with Crippen LogP contribution < -0.4 is 16.2 Å². The first kappa shape index (κ1) is 16.0. The van der Waals surface area contributed by atoms with E-state index in [-0.39, 0.29) is 18.5 Å². The van der Waals surface area contributed by atoms with Crippen molar-refractivity contribution in [2.24, 2.45) is 0 Å². The van der Waals surface area contributed by atoms with E-state index in [9.17, 15) is 0 Å². The molecule has 9 nitrogen and oxygen atoms in total. The van der Waals surface area contributed by atoms with Gasteiger partial charge in [-0.3, -0.25) is 0 Å². The number of rotatable bonds is 6. The number of nitrogen functional groups attached to an aromatic ring is 2. The van der Waals surface area contributed by atoms with E-state index in [2.05, 4.69) is 25.1 Å². The maximum absolute atomic E-state index is 5.61. The molecular formula is C14H15N7O2S. The molecule has 24 heavy (non-hydrogen) atoms. The standard InChI is InChI=1S/C14H15N7O2S/c1-8-3-2-4-9(5-8)22-6-11-20-21-14(23-11)24-7-10-17-12(15)19-13(16)18-10/h2-5H,6-7H2,1H3,(H4,15,16,17,18,19). The highest BCUT2D eigenvalue weighted by Gasteiger charge is 2.10. The number of benzene rings is 1. The molecule has 10 heteroatoms. The van der Waals surface area contributed by atoms with Crippen LogP contribution in [0.25, 0.3) is 0 Å². The molecule has 0 bridgehead atoms. The molecule has 0 unspecified atom stereocenters. The highest BCUT2D eigenvalue weighted by Crippen LogP contribution is 2.21. The van der Waals surface area contributed by atoms with E-state index in [1.54, 1.807) is 0 Å². The Morgan fingerprint density at radius 1 is 1.12 bits per heavy atom. The minimum Gasteiger partial charge on any atom is -0.484 e. The molecule has 0 aliphatic heterocycles. The van der Waals surface area contributed by atoms with Crippen LogP contribution in [0.15, 0.2) is 33.9 Å². The molecule has 0 radical (unpaired) electrons. The quantitative estimate of drug-likeness (QED) is 0.633. The van der Waals surface area contributed by atoms with Gasteiger partial charge in [-0.05, 0) is 24.6 Å². The lowest BCUT2D eigenvalue weighted by molar-refractivity contribution is 0.252. The number of ether oxygens (including phenoxy) is 1. The maximum atomic E-state index is 5.61. The van der Waals surface area contributed by atoms with Crippen LogP contribution in [0.3, 0.4) is 0 Å². The third-order valence-corrected chi connectivity index (χ3v) is 3.66. The predicted molar refractivity (Wildman–Crippen MR) is 88.0 cm³/mol. The van der Waals surface area contributed by atoms with Gasteiger partial charge >= 0.3 is 0 Å². The minimum atomic E-state index is 0.0795. The number of nitrogens with two attached hydrogens (primary N) is 2. The highest BCUT2D eigenvalue weighted by molar-refractivity contribution is 7.98. The van der Waals surface area contributed by atoms with E-state index in [1.807, 2.05) is 31.2 Å². The molecule has 3 rings (SSSR count). The minimum absolute atomic E-state index is 0.0795. The van der Waals surface area contributed by atoms with Crippen molar-refractivity contribution in [2.45, 2.75) is 24.5 Å². The zero-order chi connectivity index (χ0) is 16.9. The summed E-state index contributed by atoms with van der Waals surface area (Å²) in [5.41, 5.74) is 12.2. The van der Waals surface area contributed by atoms with Crippen LogP contribution in [0.4, 0.5) is 11.9 Å². The van der Waals surface area contributed by atoms with E-state index in [0.29, 0.717) is 22.7 Å². The highest BCUT2D eigenvalue weighted by atomic mass is 32.2. The van der Waals surface area contributed by atoms with Crippen molar-refractivity contribution >= 4 is 23.7 Å². The molecule has 0 saturated carbocycles. The normalized spacial score (nSPS) is 10.7. The number of nitrogens with zero attached hydrogens (tertiary/aromatic N) is 5. The fraction of sp³-hybridized carbons (Fsp3) is 0.214. The van der Waals surface area contributed by atoms with Crippen molar-refractivity contribution in [1.29, 1.82) is 0 Å². The van der Waals surface area contributed by atoms with Gasteiger partial charge in [0.15, 0.2) is 6.61 Å². The summed E-state index contributed by atoms with van der Waals surface area (Å²) in [6.45, 7) is 2.19. The molecule has 2 aromatic heterocycles. The van der Waals surface area contributed by atoms with Gasteiger partial charge in [-0.15, -0.1) is 10.2 Å². The Morgan fingerprint density at radius 2 is 1.92 bits per heavy atom. The molecule has 4 N–H and O–H groups in total. The lowest BCUT2D eigenvalue weighted by Crippen LogP contribution is -2.05. The fourth-order valence-electron chi connectivity index (χ4n) is 1.85. The van der Waals surface area contributed by atoms with Gasteiger partial charge in [0.05, 0.1) is 5.75 Å². The second kappa shape index (κ2) is 7.13. The van der Waals surface area contributed by atoms with Crippen molar-refractivity contribution in [1.82, 2.24) is 25.1 Å². The van der Waals surface area contributed by atoms with Crippen LogP contribution in [-0.4, -0.2) is 25.1 Å². The number of thioether (sulfide) groups is 1. The van der Waals surface area contributed by atoms with E-state index >= 15 is 0 Å². The molecular weight excluding hydrogens is 330 g/mol. The van der Waals surface area contributed by atoms with E-state index < -0.39 is 0 Å². The molecule has 1 aromatic carbocycles. The van der Waals surface area contributed by atoms with Crippen LogP contribution in [0, 0.1) is 6.92 Å². The number of hydrogen-bond acceptors (Lipinski definition) is 10. The summed E-state index contributed by atoms with van der Waals surface area (Å²) < 4.78 is 11.1. The maximum Gasteiger partial charge on any atom is 0.277 e. The third kappa shape index (κ3) is 4.32. The second-order valence-electron chi connectivity index (χ2n) is 4.82. The van der Waals surface area contributed by atoms with Crippen molar-refractivity contribution in [3.8, 4) is 5.75 Å². The SMILES string of the molecule is Cc1cccc(OCc2nnc(SCc3nc(N)nc(N)n3)o2)c1. The summed E-state index contributed by atoms with van der Waals surface area (Å²) in [6.07, 6.45) is 0. The molecule has 2 heterocycles. The largest absolute Gasteiger partial charge is 0.484 e. The van der Waals surface area contributed by atoms with E-state index in [1.165, 1.54) is 11.8 Å². The first-order valence-electron chi connectivity index (χ1n) is 6.99. The molecule has 0 saturated heterocycles. The van der Waals surface area contributed by atoms with Gasteiger partial charge in [-0.1, -0.05) is 23.9 Å². The third-order valence-electron chi connectivity index (χ3n) is 2.84. The van der Waals surface area contributed by atoms with Crippen molar-refractivity contribution in [3.63, 3.8) is 0 Å². The number of hydrogen-bond donors (Lipinski definition) is 2. The average molecular weight is 345 g/mol. The average Bonchev–Trinajstić information content (AvgIpc) is 2.98. The molecule has 0 spiro atoms. The zero-order valence-electron chi connectivity index (χ0n) is 12.8. The van der Waals surface area contributed by atoms with Crippen LogP contribution in [0.5, 0.6) is 5.75 Å². The predicted octanol–water partition coefficient (Wildman–Crippen LogP) is 1.60. The van der Waals surface area contributed by atoms with E-state index in [0.717, 1.165) is 11.3 Å². The van der Waals surface area contributed by atoms with Crippen LogP contribution in [0.2, 0.25) is 0 Å². The van der Waals surface area contributed by atoms with Gasteiger partial charge in [-0.25, -0.2) is 0 Å². The Kier molecular flexibility index (Phi) is 4.75. The lowest BCUT2D eigenvalue weighted by atomic mass is 10.2. The summed E-state index contributed by atoms with van der Waals surface area (Å²) in [5, 5.41) is 8.26. The van der Waals surface area contributed by atoms with E-state index in [4.69, 9.17) is 20.6 Å². The Labute approximate surface area is 141 Å². The summed E-state index contributed by atoms with van der Waals surface area (Å²) >= 11 is 1.28. The molecule has 0 amide bonds. The molecule has 3 aromatic rings. The van der Waals surface area contributed by atoms with Gasteiger partial charge in [0, 0.05) is 0 Å². The second-order valence-corrected chi connectivity index (χ2v) is 5.75. The molecule has 124 valence electrons. The Balaban J connectivity index is 1.55. The molecule has 0 aliphatic carbocycles. The van der Waals surface area contributed by atoms with Gasteiger partial charge in [-0.2, -0.15) is 15.0 Å². The van der Waals surface area contributed by atoms with Crippen LogP contribution >= 0.6 is 11.8 Å². The smallest absolute Gasteiger partial charge is 0.277 e. The Morgan fingerprint density at radius 3 is 2.67 bits per heavy atom. The van der Waals surface area contributed by atoms with Crippen molar-refractivity contribution in [3.05, 3.63) is 41.5 Å². The number of aryl methyl sites for hydroxylation is 1. The van der Waals surface area contributed by atoms with Gasteiger partial charge < -0.3 is 20.6 Å². The molecule has 0 fully saturated rings. The van der Waals surface area contributed by atoms with Gasteiger partial charge in [0.2, 0.25) is 11.9 Å². The summed E-state index contributed by atoms with van der Waals surface area (Å²) in [5.74, 6) is 2.12. The summed E-state index contributed by atoms with van der Waals surface area (Å²) in [7, 11) is 0. The lowest BCUT2D eigenvalue weighted by Gasteiger charge is -2.03. The van der Waals surface area contributed by atoms with Crippen LogP contribution in [0.1, 0.15) is 17.3 Å². The zero-order valence-corrected chi connectivity index (χ0v) is 13.7. The van der Waals surface area contributed by atoms with Crippen LogP contribution in [-0.2, 0) is 12.4 Å². The van der Waals surface area contributed by atoms with Crippen molar-refractivity contribution in [2.75, 3.05) is 11.5 Å². The first-order chi connectivity index (χ1) is 11.6. The Bertz CT molecular complexity index is 819. The topological polar surface area (TPSA) is 139 Å². The monoisotopic (exact) mass is 345 g/mol. The van der Waals surface area contributed by atoms with Crippen molar-refractivity contribution < 1.29 is 9.15 Å². The molecule has 0 aliphatic rings. The number of anilines is 2. The fourth-order valence-corrected chi connectivity index (χ4v) is 2.49. The molecule has 0 atom stereocenters. The summed E-state index contributed by atoms with van der Waals surface area (Å²) in [4.78, 5) is 11.7. The summed E-state index contributed by atoms with van der Waals surface area (Å²) in [6, 6.07) is 7.72. The Hall–Kier alpha value is -2.88. The number of aromatic nitrogens is 5. The van der Waals surface area contributed by atoms with Gasteiger partial charge in [0.25, 0.3) is 11.1 Å². The van der Waals surface area contributed by atoms with Gasteiger partial charge in [0.1, 0.15) is 11.6 Å². The first-order valence-corrected chi connectivity index (χ1v) is 7.97.